The Kier molecular flexibility index (Phi) is 7.25. The molecule has 8 nitrogen and oxygen atoms in total. The number of carbonyl (C=O) groups excluding carboxylic acids is 1. The average molecular weight is 470 g/mol. The van der Waals surface area contributed by atoms with Crippen molar-refractivity contribution in [1.29, 1.82) is 5.26 Å². The summed E-state index contributed by atoms with van der Waals surface area (Å²) in [6.45, 7) is 3.83. The quantitative estimate of drug-likeness (QED) is 0.435. The summed E-state index contributed by atoms with van der Waals surface area (Å²) in [7, 11) is 0. The minimum atomic E-state index is -0.685. The fourth-order valence-corrected chi connectivity index (χ4v) is 3.10. The third kappa shape index (κ3) is 4.97. The highest BCUT2D eigenvalue weighted by atomic mass is 35.5. The van der Waals surface area contributed by atoms with E-state index in [-0.39, 0.29) is 16.8 Å². The highest BCUT2D eigenvalue weighted by Gasteiger charge is 2.20. The van der Waals surface area contributed by atoms with Gasteiger partial charge in [-0.3, -0.25) is 9.59 Å². The second-order valence-corrected chi connectivity index (χ2v) is 7.29. The van der Waals surface area contributed by atoms with Crippen LogP contribution in [0.5, 0.6) is 5.75 Å². The molecular formula is C22H17Cl2N5O3. The number of hydrogen-bond acceptors (Lipinski definition) is 6. The molecule has 1 aromatic heterocycles. The number of hydrogen-bond donors (Lipinski definition) is 1. The van der Waals surface area contributed by atoms with Gasteiger partial charge in [0.15, 0.2) is 5.69 Å². The number of carbonyl (C=O) groups is 1. The van der Waals surface area contributed by atoms with Gasteiger partial charge in [0, 0.05) is 5.56 Å². The predicted octanol–water partition coefficient (Wildman–Crippen LogP) is 3.88. The summed E-state index contributed by atoms with van der Waals surface area (Å²) < 4.78 is 6.39. The van der Waals surface area contributed by atoms with E-state index in [4.69, 9.17) is 27.9 Å². The van der Waals surface area contributed by atoms with Gasteiger partial charge in [-0.1, -0.05) is 29.3 Å². The standard InChI is InChI=1S/C22H17Cl2N5O3/c1-3-32-16-7-5-15(6-8-16)29-22(31)17(11-25)13(2)20(28-29)21(30)27-26-12-14-4-9-18(23)19(24)10-14/h4-10,12H,3H2,1-2H3,(H,27,30)/b26-12+. The highest BCUT2D eigenvalue weighted by Crippen LogP contribution is 2.21. The number of halogens is 2. The fourth-order valence-electron chi connectivity index (χ4n) is 2.79. The minimum absolute atomic E-state index is 0.110. The number of rotatable bonds is 6. The van der Waals surface area contributed by atoms with E-state index in [1.54, 1.807) is 42.5 Å². The van der Waals surface area contributed by atoms with Crippen molar-refractivity contribution in [1.82, 2.24) is 15.2 Å². The average Bonchev–Trinajstić information content (AvgIpc) is 2.77. The van der Waals surface area contributed by atoms with E-state index in [1.807, 2.05) is 13.0 Å². The number of hydrazone groups is 1. The summed E-state index contributed by atoms with van der Waals surface area (Å²) in [5.41, 5.74) is 2.56. The van der Waals surface area contributed by atoms with Crippen molar-refractivity contribution in [3.63, 3.8) is 0 Å². The number of benzene rings is 2. The molecule has 0 aliphatic heterocycles. The second kappa shape index (κ2) is 10.1. The lowest BCUT2D eigenvalue weighted by atomic mass is 10.1. The number of nitrogens with one attached hydrogen (secondary N) is 1. The Balaban J connectivity index is 1.93. The first-order chi connectivity index (χ1) is 15.3. The molecule has 0 unspecified atom stereocenters. The van der Waals surface area contributed by atoms with E-state index in [0.29, 0.717) is 33.7 Å². The largest absolute Gasteiger partial charge is 0.494 e. The Morgan fingerprint density at radius 3 is 2.59 bits per heavy atom. The van der Waals surface area contributed by atoms with Crippen LogP contribution in [0.25, 0.3) is 5.69 Å². The molecule has 0 spiro atoms. The molecule has 0 radical (unpaired) electrons. The smallest absolute Gasteiger partial charge is 0.292 e. The van der Waals surface area contributed by atoms with Gasteiger partial charge in [0.05, 0.1) is 28.6 Å². The Hall–Kier alpha value is -3.67. The molecule has 10 heteroatoms. The predicted molar refractivity (Wildman–Crippen MR) is 122 cm³/mol. The van der Waals surface area contributed by atoms with Crippen molar-refractivity contribution >= 4 is 35.3 Å². The van der Waals surface area contributed by atoms with Gasteiger partial charge in [0.25, 0.3) is 11.5 Å². The van der Waals surface area contributed by atoms with Gasteiger partial charge < -0.3 is 4.74 Å². The molecule has 2 aromatic carbocycles. The molecule has 1 amide bonds. The van der Waals surface area contributed by atoms with Crippen LogP contribution in [0.2, 0.25) is 10.0 Å². The first-order valence-corrected chi connectivity index (χ1v) is 10.2. The maximum atomic E-state index is 12.7. The van der Waals surface area contributed by atoms with Crippen LogP contribution in [0.15, 0.2) is 52.4 Å². The minimum Gasteiger partial charge on any atom is -0.494 e. The zero-order valence-corrected chi connectivity index (χ0v) is 18.6. The topological polar surface area (TPSA) is 109 Å². The zero-order chi connectivity index (χ0) is 23.3. The molecule has 0 saturated heterocycles. The van der Waals surface area contributed by atoms with Crippen LogP contribution in [0.4, 0.5) is 0 Å². The van der Waals surface area contributed by atoms with Crippen molar-refractivity contribution in [2.75, 3.05) is 6.61 Å². The third-order valence-electron chi connectivity index (χ3n) is 4.38. The lowest BCUT2D eigenvalue weighted by molar-refractivity contribution is 0.0947. The summed E-state index contributed by atoms with van der Waals surface area (Å²) in [5, 5.41) is 18.3. The highest BCUT2D eigenvalue weighted by molar-refractivity contribution is 6.42. The maximum absolute atomic E-state index is 12.7. The first-order valence-electron chi connectivity index (χ1n) is 9.41. The molecular weight excluding hydrogens is 453 g/mol. The van der Waals surface area contributed by atoms with Gasteiger partial charge in [0.1, 0.15) is 17.4 Å². The van der Waals surface area contributed by atoms with Crippen LogP contribution in [-0.2, 0) is 0 Å². The molecule has 32 heavy (non-hydrogen) atoms. The Morgan fingerprint density at radius 2 is 1.97 bits per heavy atom. The van der Waals surface area contributed by atoms with Crippen LogP contribution < -0.4 is 15.7 Å². The van der Waals surface area contributed by atoms with Crippen molar-refractivity contribution in [2.45, 2.75) is 13.8 Å². The number of nitrogens with zero attached hydrogens (tertiary/aromatic N) is 4. The lowest BCUT2D eigenvalue weighted by Gasteiger charge is -2.11. The van der Waals surface area contributed by atoms with E-state index in [2.05, 4.69) is 15.6 Å². The van der Waals surface area contributed by atoms with Gasteiger partial charge in [-0.05, 0) is 55.8 Å². The van der Waals surface area contributed by atoms with Gasteiger partial charge in [0.2, 0.25) is 0 Å². The van der Waals surface area contributed by atoms with Crippen molar-refractivity contribution in [3.8, 4) is 17.5 Å². The van der Waals surface area contributed by atoms with E-state index < -0.39 is 11.5 Å². The maximum Gasteiger partial charge on any atom is 0.292 e. The molecule has 0 aliphatic rings. The molecule has 0 atom stereocenters. The van der Waals surface area contributed by atoms with Gasteiger partial charge in [-0.25, -0.2) is 5.43 Å². The Labute approximate surface area is 193 Å². The first kappa shape index (κ1) is 23.0. The van der Waals surface area contributed by atoms with Crippen LogP contribution in [-0.4, -0.2) is 28.5 Å². The molecule has 0 fully saturated rings. The normalized spacial score (nSPS) is 10.7. The molecule has 3 rings (SSSR count). The zero-order valence-electron chi connectivity index (χ0n) is 17.1. The van der Waals surface area contributed by atoms with Crippen LogP contribution in [0.3, 0.4) is 0 Å². The van der Waals surface area contributed by atoms with Crippen molar-refractivity contribution < 1.29 is 9.53 Å². The van der Waals surface area contributed by atoms with E-state index in [1.165, 1.54) is 13.1 Å². The molecule has 0 saturated carbocycles. The Morgan fingerprint density at radius 1 is 1.25 bits per heavy atom. The van der Waals surface area contributed by atoms with Crippen LogP contribution in [0, 0.1) is 18.3 Å². The van der Waals surface area contributed by atoms with Crippen LogP contribution in [0.1, 0.15) is 34.1 Å². The van der Waals surface area contributed by atoms with Crippen molar-refractivity contribution in [2.24, 2.45) is 5.10 Å². The van der Waals surface area contributed by atoms with Gasteiger partial charge in [-0.2, -0.15) is 20.1 Å². The molecule has 1 heterocycles. The fraction of sp³-hybridized carbons (Fsp3) is 0.136. The van der Waals surface area contributed by atoms with E-state index in [9.17, 15) is 14.9 Å². The number of amides is 1. The van der Waals surface area contributed by atoms with E-state index >= 15 is 0 Å². The molecule has 1 N–H and O–H groups in total. The van der Waals surface area contributed by atoms with Crippen LogP contribution >= 0.6 is 23.2 Å². The summed E-state index contributed by atoms with van der Waals surface area (Å²) in [6.07, 6.45) is 1.38. The summed E-state index contributed by atoms with van der Waals surface area (Å²) in [5.74, 6) is -0.0680. The van der Waals surface area contributed by atoms with E-state index in [0.717, 1.165) is 4.68 Å². The number of aromatic nitrogens is 2. The molecule has 0 bridgehead atoms. The Bertz CT molecular complexity index is 1290. The number of nitriles is 1. The summed E-state index contributed by atoms with van der Waals surface area (Å²) >= 11 is 11.8. The van der Waals surface area contributed by atoms with Crippen molar-refractivity contribution in [3.05, 3.63) is 85.2 Å². The van der Waals surface area contributed by atoms with Gasteiger partial charge >= 0.3 is 0 Å². The lowest BCUT2D eigenvalue weighted by Crippen LogP contribution is -2.31. The molecule has 0 aliphatic carbocycles. The third-order valence-corrected chi connectivity index (χ3v) is 5.12. The second-order valence-electron chi connectivity index (χ2n) is 6.48. The number of ether oxygens (including phenoxy) is 1. The molecule has 162 valence electrons. The SMILES string of the molecule is CCOc1ccc(-n2nc(C(=O)N/N=C/c3ccc(Cl)c(Cl)c3)c(C)c(C#N)c2=O)cc1. The summed E-state index contributed by atoms with van der Waals surface area (Å²) in [4.78, 5) is 25.4. The monoisotopic (exact) mass is 469 g/mol. The van der Waals surface area contributed by atoms with Gasteiger partial charge in [-0.15, -0.1) is 0 Å². The summed E-state index contributed by atoms with van der Waals surface area (Å²) in [6, 6.07) is 13.3. The molecule has 3 aromatic rings.